The number of fused-ring (bicyclic) bond motifs is 1. The van der Waals surface area contributed by atoms with Crippen molar-refractivity contribution in [3.05, 3.63) is 64.6 Å². The van der Waals surface area contributed by atoms with Crippen LogP contribution in [-0.4, -0.2) is 14.2 Å². The second-order valence-electron chi connectivity index (χ2n) is 5.22. The fourth-order valence-corrected chi connectivity index (χ4v) is 3.55. The van der Waals surface area contributed by atoms with E-state index >= 15 is 0 Å². The molecular weight excluding hydrogens is 367 g/mol. The minimum atomic E-state index is -3.24. The van der Waals surface area contributed by atoms with Crippen molar-refractivity contribution in [1.29, 1.82) is 0 Å². The van der Waals surface area contributed by atoms with Gasteiger partial charge >= 0.3 is 0 Å². The van der Waals surface area contributed by atoms with E-state index in [1.165, 1.54) is 0 Å². The minimum Gasteiger partial charge on any atom is -0.457 e. The van der Waals surface area contributed by atoms with Gasteiger partial charge in [0.2, 0.25) is 0 Å². The van der Waals surface area contributed by atoms with Gasteiger partial charge in [-0.25, -0.2) is 8.42 Å². The Morgan fingerprint density at radius 1 is 0.958 bits per heavy atom. The molecule has 0 saturated carbocycles. The summed E-state index contributed by atoms with van der Waals surface area (Å²) in [6, 6.07) is 15.5. The van der Waals surface area contributed by atoms with Crippen LogP contribution < -0.4 is 4.74 Å². The van der Waals surface area contributed by atoms with Crippen LogP contribution in [0, 0.1) is 0 Å². The molecule has 0 saturated heterocycles. The lowest BCUT2D eigenvalue weighted by Crippen LogP contribution is -2.03. The maximum absolute atomic E-state index is 12.0. The van der Waals surface area contributed by atoms with Crippen molar-refractivity contribution in [1.82, 2.24) is 0 Å². The molecular formula is C18H14Cl2O3S. The molecule has 0 bridgehead atoms. The van der Waals surface area contributed by atoms with E-state index in [1.807, 2.05) is 18.2 Å². The van der Waals surface area contributed by atoms with Crippen LogP contribution in [0.2, 0.25) is 10.0 Å². The standard InChI is InChI=1S/C18H14Cl2O3S/c1-2-24(21,22)14-7-8-15-12(10-14)4-3-5-18(15)23-13-6-9-16(19)17(20)11-13/h3-11H,2H2,1H3. The van der Waals surface area contributed by atoms with E-state index in [2.05, 4.69) is 0 Å². The molecule has 124 valence electrons. The molecule has 3 aromatic carbocycles. The number of benzene rings is 3. The normalized spacial score (nSPS) is 11.6. The Bertz CT molecular complexity index is 1010. The molecule has 0 spiro atoms. The third-order valence-electron chi connectivity index (χ3n) is 3.67. The lowest BCUT2D eigenvalue weighted by molar-refractivity contribution is 0.488. The smallest absolute Gasteiger partial charge is 0.178 e. The van der Waals surface area contributed by atoms with E-state index in [0.29, 0.717) is 26.4 Å². The van der Waals surface area contributed by atoms with Crippen LogP contribution in [0.25, 0.3) is 10.8 Å². The molecule has 0 N–H and O–H groups in total. The highest BCUT2D eigenvalue weighted by molar-refractivity contribution is 7.91. The van der Waals surface area contributed by atoms with Crippen molar-refractivity contribution < 1.29 is 13.2 Å². The van der Waals surface area contributed by atoms with Gasteiger partial charge in [-0.1, -0.05) is 42.3 Å². The molecule has 0 aliphatic rings. The summed E-state index contributed by atoms with van der Waals surface area (Å²) in [6.45, 7) is 1.63. The SMILES string of the molecule is CCS(=O)(=O)c1ccc2c(Oc3ccc(Cl)c(Cl)c3)cccc2c1. The molecule has 6 heteroatoms. The maximum Gasteiger partial charge on any atom is 0.178 e. The first-order valence-electron chi connectivity index (χ1n) is 7.29. The Labute approximate surface area is 150 Å². The van der Waals surface area contributed by atoms with Crippen molar-refractivity contribution in [2.75, 3.05) is 5.75 Å². The van der Waals surface area contributed by atoms with Crippen LogP contribution >= 0.6 is 23.2 Å². The predicted octanol–water partition coefficient (Wildman–Crippen LogP) is 5.73. The number of halogens is 2. The molecule has 3 nitrogen and oxygen atoms in total. The highest BCUT2D eigenvalue weighted by atomic mass is 35.5. The van der Waals surface area contributed by atoms with Gasteiger partial charge in [-0.3, -0.25) is 0 Å². The lowest BCUT2D eigenvalue weighted by atomic mass is 10.1. The average molecular weight is 381 g/mol. The Kier molecular flexibility index (Phi) is 4.72. The van der Waals surface area contributed by atoms with Crippen LogP contribution in [0.15, 0.2) is 59.5 Å². The molecule has 0 aromatic heterocycles. The van der Waals surface area contributed by atoms with Crippen molar-refractivity contribution in [3.63, 3.8) is 0 Å². The highest BCUT2D eigenvalue weighted by Gasteiger charge is 2.13. The second kappa shape index (κ2) is 6.63. The van der Waals surface area contributed by atoms with E-state index in [1.54, 1.807) is 43.3 Å². The van der Waals surface area contributed by atoms with Crippen LogP contribution in [0.3, 0.4) is 0 Å². The number of sulfone groups is 1. The zero-order valence-electron chi connectivity index (χ0n) is 12.8. The Hall–Kier alpha value is -1.75. The van der Waals surface area contributed by atoms with Crippen LogP contribution in [0.5, 0.6) is 11.5 Å². The Morgan fingerprint density at radius 2 is 1.75 bits per heavy atom. The molecule has 3 aromatic rings. The summed E-state index contributed by atoms with van der Waals surface area (Å²) in [5.74, 6) is 1.24. The lowest BCUT2D eigenvalue weighted by Gasteiger charge is -2.11. The van der Waals surface area contributed by atoms with Crippen LogP contribution in [0.1, 0.15) is 6.92 Å². The minimum absolute atomic E-state index is 0.0674. The third kappa shape index (κ3) is 3.36. The van der Waals surface area contributed by atoms with Crippen molar-refractivity contribution in [3.8, 4) is 11.5 Å². The summed E-state index contributed by atoms with van der Waals surface area (Å²) in [5, 5.41) is 2.47. The predicted molar refractivity (Wildman–Crippen MR) is 98.2 cm³/mol. The molecule has 0 aliphatic heterocycles. The van der Waals surface area contributed by atoms with Crippen LogP contribution in [-0.2, 0) is 9.84 Å². The van der Waals surface area contributed by atoms with Gasteiger partial charge in [-0.2, -0.15) is 0 Å². The summed E-state index contributed by atoms with van der Waals surface area (Å²) in [4.78, 5) is 0.309. The highest BCUT2D eigenvalue weighted by Crippen LogP contribution is 2.34. The number of hydrogen-bond acceptors (Lipinski definition) is 3. The number of hydrogen-bond donors (Lipinski definition) is 0. The van der Waals surface area contributed by atoms with E-state index < -0.39 is 9.84 Å². The van der Waals surface area contributed by atoms with Gasteiger partial charge in [0.25, 0.3) is 0 Å². The van der Waals surface area contributed by atoms with Gasteiger partial charge in [0, 0.05) is 11.5 Å². The quantitative estimate of drug-likeness (QED) is 0.579. The van der Waals surface area contributed by atoms with Crippen LogP contribution in [0.4, 0.5) is 0 Å². The van der Waals surface area contributed by atoms with Crippen molar-refractivity contribution >= 4 is 43.8 Å². The van der Waals surface area contributed by atoms with E-state index in [-0.39, 0.29) is 5.75 Å². The van der Waals surface area contributed by atoms with Gasteiger partial charge in [0.15, 0.2) is 9.84 Å². The summed E-state index contributed by atoms with van der Waals surface area (Å²) < 4.78 is 29.9. The van der Waals surface area contributed by atoms with Gasteiger partial charge in [0.1, 0.15) is 11.5 Å². The summed E-state index contributed by atoms with van der Waals surface area (Å²) in [6.07, 6.45) is 0. The topological polar surface area (TPSA) is 43.4 Å². The third-order valence-corrected chi connectivity index (χ3v) is 6.14. The maximum atomic E-state index is 12.0. The first-order valence-corrected chi connectivity index (χ1v) is 9.70. The van der Waals surface area contributed by atoms with Crippen molar-refractivity contribution in [2.45, 2.75) is 11.8 Å². The first-order chi connectivity index (χ1) is 11.4. The molecule has 3 rings (SSSR count). The zero-order chi connectivity index (χ0) is 17.3. The first kappa shape index (κ1) is 17.1. The fraction of sp³-hybridized carbons (Fsp3) is 0.111. The molecule has 24 heavy (non-hydrogen) atoms. The van der Waals surface area contributed by atoms with E-state index in [0.717, 1.165) is 10.8 Å². The van der Waals surface area contributed by atoms with E-state index in [9.17, 15) is 8.42 Å². The fourth-order valence-electron chi connectivity index (χ4n) is 2.35. The molecule has 0 unspecified atom stereocenters. The Morgan fingerprint density at radius 3 is 2.46 bits per heavy atom. The summed E-state index contributed by atoms with van der Waals surface area (Å²) in [7, 11) is -3.24. The number of ether oxygens (including phenoxy) is 1. The Balaban J connectivity index is 2.04. The zero-order valence-corrected chi connectivity index (χ0v) is 15.1. The van der Waals surface area contributed by atoms with Crippen molar-refractivity contribution in [2.24, 2.45) is 0 Å². The molecule has 0 amide bonds. The average Bonchev–Trinajstić information content (AvgIpc) is 2.58. The van der Waals surface area contributed by atoms with Gasteiger partial charge in [-0.15, -0.1) is 0 Å². The van der Waals surface area contributed by atoms with Gasteiger partial charge in [-0.05, 0) is 41.8 Å². The number of rotatable bonds is 4. The van der Waals surface area contributed by atoms with Gasteiger partial charge in [0.05, 0.1) is 20.7 Å². The molecule has 0 heterocycles. The monoisotopic (exact) mass is 380 g/mol. The molecule has 0 atom stereocenters. The second-order valence-corrected chi connectivity index (χ2v) is 8.31. The molecule has 0 fully saturated rings. The molecule has 0 aliphatic carbocycles. The summed E-state index contributed by atoms with van der Waals surface area (Å²) in [5.41, 5.74) is 0. The molecule has 0 radical (unpaired) electrons. The van der Waals surface area contributed by atoms with E-state index in [4.69, 9.17) is 27.9 Å². The summed E-state index contributed by atoms with van der Waals surface area (Å²) >= 11 is 11.9. The largest absolute Gasteiger partial charge is 0.457 e. The van der Waals surface area contributed by atoms with Gasteiger partial charge < -0.3 is 4.74 Å².